The highest BCUT2D eigenvalue weighted by molar-refractivity contribution is 5.78. The molecule has 2 N–H and O–H groups in total. The molecule has 0 aromatic heterocycles. The number of primary amides is 1. The van der Waals surface area contributed by atoms with Crippen LogP contribution in [0.2, 0.25) is 0 Å². The second kappa shape index (κ2) is 4.43. The van der Waals surface area contributed by atoms with Gasteiger partial charge in [-0.1, -0.05) is 12.1 Å². The van der Waals surface area contributed by atoms with E-state index in [-0.39, 0.29) is 11.8 Å². The number of para-hydroxylation sites is 2. The van der Waals surface area contributed by atoms with Crippen molar-refractivity contribution in [3.63, 3.8) is 0 Å². The minimum absolute atomic E-state index is 0.0371. The molecule has 4 heteroatoms. The quantitative estimate of drug-likeness (QED) is 0.827. The molecule has 1 fully saturated rings. The van der Waals surface area contributed by atoms with E-state index >= 15 is 0 Å². The summed E-state index contributed by atoms with van der Waals surface area (Å²) in [5.74, 6) is 0.593. The molecule has 4 nitrogen and oxygen atoms in total. The van der Waals surface area contributed by atoms with E-state index in [1.807, 2.05) is 24.3 Å². The average Bonchev–Trinajstić information content (AvgIpc) is 2.78. The fraction of sp³-hybridized carbons (Fsp3) is 0.417. The number of carbonyl (C=O) groups is 1. The molecule has 1 aliphatic rings. The third-order valence-electron chi connectivity index (χ3n) is 3.02. The van der Waals surface area contributed by atoms with Gasteiger partial charge in [-0.3, -0.25) is 4.79 Å². The van der Waals surface area contributed by atoms with Crippen molar-refractivity contribution in [2.24, 2.45) is 11.7 Å². The van der Waals surface area contributed by atoms with Gasteiger partial charge in [0.1, 0.15) is 5.75 Å². The van der Waals surface area contributed by atoms with Crippen molar-refractivity contribution in [2.75, 3.05) is 25.1 Å². The van der Waals surface area contributed by atoms with Crippen LogP contribution in [0.4, 0.5) is 5.69 Å². The highest BCUT2D eigenvalue weighted by Crippen LogP contribution is 2.31. The van der Waals surface area contributed by atoms with Gasteiger partial charge in [0, 0.05) is 13.1 Å². The summed E-state index contributed by atoms with van der Waals surface area (Å²) in [4.78, 5) is 13.2. The Labute approximate surface area is 95.0 Å². The molecule has 0 bridgehead atoms. The van der Waals surface area contributed by atoms with Gasteiger partial charge in [0.05, 0.1) is 18.7 Å². The maximum Gasteiger partial charge on any atom is 0.222 e. The Morgan fingerprint density at radius 3 is 2.88 bits per heavy atom. The van der Waals surface area contributed by atoms with Gasteiger partial charge in [0.15, 0.2) is 0 Å². The zero-order valence-corrected chi connectivity index (χ0v) is 9.35. The number of methoxy groups -OCH3 is 1. The molecule has 16 heavy (non-hydrogen) atoms. The normalized spacial score (nSPS) is 19.8. The van der Waals surface area contributed by atoms with E-state index in [0.29, 0.717) is 6.54 Å². The second-order valence-electron chi connectivity index (χ2n) is 4.01. The lowest BCUT2D eigenvalue weighted by molar-refractivity contribution is -0.121. The summed E-state index contributed by atoms with van der Waals surface area (Å²) in [5, 5.41) is 0. The number of rotatable bonds is 3. The Kier molecular flexibility index (Phi) is 2.99. The number of benzene rings is 1. The Balaban J connectivity index is 2.17. The fourth-order valence-corrected chi connectivity index (χ4v) is 2.10. The minimum Gasteiger partial charge on any atom is -0.495 e. The van der Waals surface area contributed by atoms with Crippen molar-refractivity contribution in [3.8, 4) is 5.75 Å². The number of hydrogen-bond acceptors (Lipinski definition) is 3. The maximum atomic E-state index is 11.1. The van der Waals surface area contributed by atoms with Crippen LogP contribution in [0.3, 0.4) is 0 Å². The Morgan fingerprint density at radius 1 is 1.50 bits per heavy atom. The summed E-state index contributed by atoms with van der Waals surface area (Å²) in [7, 11) is 1.65. The van der Waals surface area contributed by atoms with Crippen molar-refractivity contribution < 1.29 is 9.53 Å². The lowest BCUT2D eigenvalue weighted by Gasteiger charge is -2.20. The first kappa shape index (κ1) is 10.8. The highest BCUT2D eigenvalue weighted by Gasteiger charge is 2.27. The number of anilines is 1. The van der Waals surface area contributed by atoms with Crippen LogP contribution < -0.4 is 15.4 Å². The molecule has 0 saturated carbocycles. The summed E-state index contributed by atoms with van der Waals surface area (Å²) in [6, 6.07) is 7.83. The largest absolute Gasteiger partial charge is 0.495 e. The van der Waals surface area contributed by atoms with Crippen LogP contribution in [-0.2, 0) is 4.79 Å². The molecule has 0 aliphatic carbocycles. The number of ether oxygens (including phenoxy) is 1. The molecule has 1 unspecified atom stereocenters. The number of nitrogens with two attached hydrogens (primary N) is 1. The molecule has 1 aromatic carbocycles. The van der Waals surface area contributed by atoms with E-state index in [9.17, 15) is 4.79 Å². The first-order valence-electron chi connectivity index (χ1n) is 5.39. The molecule has 1 aliphatic heterocycles. The lowest BCUT2D eigenvalue weighted by Crippen LogP contribution is -2.27. The van der Waals surface area contributed by atoms with Crippen molar-refractivity contribution in [1.29, 1.82) is 0 Å². The van der Waals surface area contributed by atoms with Gasteiger partial charge < -0.3 is 15.4 Å². The molecule has 1 aromatic rings. The standard InChI is InChI=1S/C12H16N2O2/c1-16-11-5-3-2-4-10(11)14-7-6-9(8-14)12(13)15/h2-5,9H,6-8H2,1H3,(H2,13,15). The predicted molar refractivity (Wildman–Crippen MR) is 62.5 cm³/mol. The van der Waals surface area contributed by atoms with Crippen LogP contribution in [0.5, 0.6) is 5.75 Å². The fourth-order valence-electron chi connectivity index (χ4n) is 2.10. The Bertz CT molecular complexity index is 392. The summed E-state index contributed by atoms with van der Waals surface area (Å²) in [5.41, 5.74) is 6.35. The number of hydrogen-bond donors (Lipinski definition) is 1. The van der Waals surface area contributed by atoms with Crippen LogP contribution in [0.1, 0.15) is 6.42 Å². The summed E-state index contributed by atoms with van der Waals surface area (Å²) < 4.78 is 5.30. The molecule has 1 amide bonds. The van der Waals surface area contributed by atoms with Crippen molar-refractivity contribution in [1.82, 2.24) is 0 Å². The molecule has 2 rings (SSSR count). The van der Waals surface area contributed by atoms with Crippen molar-refractivity contribution >= 4 is 11.6 Å². The Morgan fingerprint density at radius 2 is 2.25 bits per heavy atom. The zero-order chi connectivity index (χ0) is 11.5. The molecular formula is C12H16N2O2. The van der Waals surface area contributed by atoms with Crippen LogP contribution in [0, 0.1) is 5.92 Å². The van der Waals surface area contributed by atoms with Gasteiger partial charge in [0.25, 0.3) is 0 Å². The third kappa shape index (κ3) is 1.96. The SMILES string of the molecule is COc1ccccc1N1CCC(C(N)=O)C1. The maximum absolute atomic E-state index is 11.1. The number of nitrogens with zero attached hydrogens (tertiary/aromatic N) is 1. The van der Waals surface area contributed by atoms with Crippen LogP contribution in [0.15, 0.2) is 24.3 Å². The van der Waals surface area contributed by atoms with Gasteiger partial charge >= 0.3 is 0 Å². The van der Waals surface area contributed by atoms with Crippen LogP contribution in [-0.4, -0.2) is 26.1 Å². The van der Waals surface area contributed by atoms with Gasteiger partial charge in [-0.15, -0.1) is 0 Å². The lowest BCUT2D eigenvalue weighted by atomic mass is 10.1. The smallest absolute Gasteiger partial charge is 0.222 e. The average molecular weight is 220 g/mol. The molecule has 1 saturated heterocycles. The second-order valence-corrected chi connectivity index (χ2v) is 4.01. The van der Waals surface area contributed by atoms with Gasteiger partial charge in [-0.05, 0) is 18.6 Å². The van der Waals surface area contributed by atoms with Gasteiger partial charge in [-0.2, -0.15) is 0 Å². The summed E-state index contributed by atoms with van der Waals surface area (Å²) in [6.07, 6.45) is 0.827. The van der Waals surface area contributed by atoms with E-state index in [1.54, 1.807) is 7.11 Å². The summed E-state index contributed by atoms with van der Waals surface area (Å²) >= 11 is 0. The van der Waals surface area contributed by atoms with E-state index in [4.69, 9.17) is 10.5 Å². The predicted octanol–water partition coefficient (Wildman–Crippen LogP) is 1.01. The van der Waals surface area contributed by atoms with Crippen molar-refractivity contribution in [2.45, 2.75) is 6.42 Å². The molecule has 0 spiro atoms. The van der Waals surface area contributed by atoms with E-state index < -0.39 is 0 Å². The molecule has 86 valence electrons. The molecule has 0 radical (unpaired) electrons. The van der Waals surface area contributed by atoms with Gasteiger partial charge in [-0.25, -0.2) is 0 Å². The molecule has 1 heterocycles. The first-order chi connectivity index (χ1) is 7.72. The van der Waals surface area contributed by atoms with Crippen molar-refractivity contribution in [3.05, 3.63) is 24.3 Å². The summed E-state index contributed by atoms with van der Waals surface area (Å²) in [6.45, 7) is 1.55. The first-order valence-corrected chi connectivity index (χ1v) is 5.39. The van der Waals surface area contributed by atoms with Crippen LogP contribution >= 0.6 is 0 Å². The number of carbonyl (C=O) groups excluding carboxylic acids is 1. The van der Waals surface area contributed by atoms with E-state index in [1.165, 1.54) is 0 Å². The molecular weight excluding hydrogens is 204 g/mol. The third-order valence-corrected chi connectivity index (χ3v) is 3.02. The zero-order valence-electron chi connectivity index (χ0n) is 9.35. The number of amides is 1. The topological polar surface area (TPSA) is 55.6 Å². The Hall–Kier alpha value is -1.71. The monoisotopic (exact) mass is 220 g/mol. The minimum atomic E-state index is -0.211. The highest BCUT2D eigenvalue weighted by atomic mass is 16.5. The molecule has 1 atom stereocenters. The van der Waals surface area contributed by atoms with E-state index in [2.05, 4.69) is 4.90 Å². The van der Waals surface area contributed by atoms with E-state index in [0.717, 1.165) is 24.4 Å². The van der Waals surface area contributed by atoms with Gasteiger partial charge in [0.2, 0.25) is 5.91 Å². The van der Waals surface area contributed by atoms with Crippen LogP contribution in [0.25, 0.3) is 0 Å².